The van der Waals surface area contributed by atoms with Gasteiger partial charge in [0.25, 0.3) is 0 Å². The molecule has 1 aromatic rings. The van der Waals surface area contributed by atoms with Gasteiger partial charge in [0.1, 0.15) is 24.5 Å². The minimum Gasteiger partial charge on any atom is -0.442 e. The maximum atomic E-state index is 12.0. The summed E-state index contributed by atoms with van der Waals surface area (Å²) in [6.07, 6.45) is -0.0393. The van der Waals surface area contributed by atoms with Gasteiger partial charge < -0.3 is 9.53 Å². The van der Waals surface area contributed by atoms with Gasteiger partial charge >= 0.3 is 6.09 Å². The zero-order valence-corrected chi connectivity index (χ0v) is 12.3. The Kier molecular flexibility index (Phi) is 5.70. The van der Waals surface area contributed by atoms with Gasteiger partial charge in [-0.1, -0.05) is 30.3 Å². The Bertz CT molecular complexity index is 439. The molecular weight excluding hydrogens is 258 g/mol. The summed E-state index contributed by atoms with van der Waals surface area (Å²) in [5, 5.41) is 0.964. The van der Waals surface area contributed by atoms with Crippen LogP contribution in [0.1, 0.15) is 33.3 Å². The van der Waals surface area contributed by atoms with Crippen LogP contribution in [0, 0.1) is 0 Å². The molecule has 0 saturated carbocycles. The molecule has 0 heterocycles. The molecular formula is C15H21NO4. The first-order valence-electron chi connectivity index (χ1n) is 6.48. The summed E-state index contributed by atoms with van der Waals surface area (Å²) in [6.45, 7) is 7.03. The highest BCUT2D eigenvalue weighted by atomic mass is 16.7. The van der Waals surface area contributed by atoms with Gasteiger partial charge in [0.2, 0.25) is 0 Å². The second-order valence-electron chi connectivity index (χ2n) is 5.44. The molecule has 5 nitrogen and oxygen atoms in total. The zero-order chi connectivity index (χ0) is 15.2. The first-order valence-corrected chi connectivity index (χ1v) is 6.48. The molecule has 0 spiro atoms. The average molecular weight is 279 g/mol. The van der Waals surface area contributed by atoms with E-state index in [0.29, 0.717) is 6.29 Å². The molecule has 0 saturated heterocycles. The molecule has 0 aliphatic heterocycles. The predicted molar refractivity (Wildman–Crippen MR) is 74.8 cm³/mol. The number of benzene rings is 1. The summed E-state index contributed by atoms with van der Waals surface area (Å²) in [7, 11) is 0. The van der Waals surface area contributed by atoms with Crippen LogP contribution in [0.5, 0.6) is 0 Å². The van der Waals surface area contributed by atoms with Gasteiger partial charge in [-0.2, -0.15) is 5.06 Å². The molecule has 0 bridgehead atoms. The Morgan fingerprint density at radius 1 is 1.30 bits per heavy atom. The van der Waals surface area contributed by atoms with Crippen molar-refractivity contribution in [2.24, 2.45) is 0 Å². The second-order valence-corrected chi connectivity index (χ2v) is 5.44. The second kappa shape index (κ2) is 7.05. The molecule has 1 unspecified atom stereocenters. The smallest absolute Gasteiger partial charge is 0.435 e. The fourth-order valence-electron chi connectivity index (χ4n) is 1.42. The Morgan fingerprint density at radius 2 is 1.90 bits per heavy atom. The first-order chi connectivity index (χ1) is 9.33. The van der Waals surface area contributed by atoms with Crippen LogP contribution in [0.4, 0.5) is 4.79 Å². The molecule has 1 atom stereocenters. The Labute approximate surface area is 119 Å². The fraction of sp³-hybridized carbons (Fsp3) is 0.467. The topological polar surface area (TPSA) is 55.8 Å². The standard InChI is InChI=1S/C15H21NO4/c1-12(10-17)16(14(18)20-15(2,3)4)19-11-13-8-6-5-7-9-13/h5-10,12H,11H2,1-4H3. The highest BCUT2D eigenvalue weighted by molar-refractivity contribution is 5.72. The van der Waals surface area contributed by atoms with E-state index >= 15 is 0 Å². The molecule has 1 aromatic carbocycles. The Morgan fingerprint density at radius 3 is 2.40 bits per heavy atom. The van der Waals surface area contributed by atoms with Crippen molar-refractivity contribution in [1.82, 2.24) is 5.06 Å². The quantitative estimate of drug-likeness (QED) is 0.614. The number of carbonyl (C=O) groups is 2. The van der Waals surface area contributed by atoms with Crippen molar-refractivity contribution in [3.8, 4) is 0 Å². The average Bonchev–Trinajstić information content (AvgIpc) is 2.37. The van der Waals surface area contributed by atoms with Crippen LogP contribution in [0.3, 0.4) is 0 Å². The molecule has 1 amide bonds. The highest BCUT2D eigenvalue weighted by Gasteiger charge is 2.27. The van der Waals surface area contributed by atoms with E-state index in [2.05, 4.69) is 0 Å². The number of hydrogen-bond acceptors (Lipinski definition) is 4. The van der Waals surface area contributed by atoms with Gasteiger partial charge in [0, 0.05) is 0 Å². The lowest BCUT2D eigenvalue weighted by molar-refractivity contribution is -0.176. The lowest BCUT2D eigenvalue weighted by Crippen LogP contribution is -2.42. The lowest BCUT2D eigenvalue weighted by atomic mass is 10.2. The van der Waals surface area contributed by atoms with Crippen molar-refractivity contribution in [3.05, 3.63) is 35.9 Å². The SMILES string of the molecule is CC(C=O)N(OCc1ccccc1)C(=O)OC(C)(C)C. The van der Waals surface area contributed by atoms with Crippen molar-refractivity contribution < 1.29 is 19.2 Å². The maximum absolute atomic E-state index is 12.0. The molecule has 0 aromatic heterocycles. The molecule has 0 aliphatic carbocycles. The van der Waals surface area contributed by atoms with E-state index < -0.39 is 17.7 Å². The summed E-state index contributed by atoms with van der Waals surface area (Å²) in [5.74, 6) is 0. The van der Waals surface area contributed by atoms with Crippen LogP contribution in [0.25, 0.3) is 0 Å². The van der Waals surface area contributed by atoms with E-state index in [1.165, 1.54) is 0 Å². The van der Waals surface area contributed by atoms with Crippen LogP contribution in [-0.2, 0) is 21.0 Å². The largest absolute Gasteiger partial charge is 0.442 e. The number of rotatable bonds is 5. The van der Waals surface area contributed by atoms with Crippen LogP contribution in [-0.4, -0.2) is 29.1 Å². The monoisotopic (exact) mass is 279 g/mol. The minimum absolute atomic E-state index is 0.193. The number of amides is 1. The van der Waals surface area contributed by atoms with Crippen molar-refractivity contribution >= 4 is 12.4 Å². The fourth-order valence-corrected chi connectivity index (χ4v) is 1.42. The van der Waals surface area contributed by atoms with Crippen molar-refractivity contribution in [2.45, 2.75) is 45.9 Å². The third-order valence-electron chi connectivity index (χ3n) is 2.35. The summed E-state index contributed by atoms with van der Waals surface area (Å²) in [6, 6.07) is 8.67. The van der Waals surface area contributed by atoms with Crippen molar-refractivity contribution in [1.29, 1.82) is 0 Å². The molecule has 110 valence electrons. The van der Waals surface area contributed by atoms with Crippen LogP contribution >= 0.6 is 0 Å². The van der Waals surface area contributed by atoms with E-state index in [0.717, 1.165) is 10.6 Å². The minimum atomic E-state index is -0.714. The van der Waals surface area contributed by atoms with E-state index in [1.807, 2.05) is 30.3 Å². The van der Waals surface area contributed by atoms with Crippen LogP contribution in [0.2, 0.25) is 0 Å². The molecule has 1 rings (SSSR count). The van der Waals surface area contributed by atoms with E-state index in [4.69, 9.17) is 9.57 Å². The molecule has 20 heavy (non-hydrogen) atoms. The number of carbonyl (C=O) groups excluding carboxylic acids is 2. The van der Waals surface area contributed by atoms with Gasteiger partial charge in [0.05, 0.1) is 0 Å². The van der Waals surface area contributed by atoms with Crippen molar-refractivity contribution in [2.75, 3.05) is 0 Å². The third-order valence-corrected chi connectivity index (χ3v) is 2.35. The highest BCUT2D eigenvalue weighted by Crippen LogP contribution is 2.13. The molecule has 0 aliphatic rings. The molecule has 0 fully saturated rings. The number of aldehydes is 1. The van der Waals surface area contributed by atoms with Gasteiger partial charge in [-0.05, 0) is 33.3 Å². The van der Waals surface area contributed by atoms with E-state index in [-0.39, 0.29) is 6.61 Å². The maximum Gasteiger partial charge on any atom is 0.435 e. The van der Waals surface area contributed by atoms with Gasteiger partial charge in [-0.15, -0.1) is 0 Å². The van der Waals surface area contributed by atoms with Crippen LogP contribution in [0.15, 0.2) is 30.3 Å². The number of hydroxylamine groups is 2. The third kappa shape index (κ3) is 5.40. The Balaban J connectivity index is 2.70. The summed E-state index contributed by atoms with van der Waals surface area (Å²) in [5.41, 5.74) is 0.257. The van der Waals surface area contributed by atoms with Gasteiger partial charge in [-0.25, -0.2) is 4.79 Å². The first kappa shape index (κ1) is 16.2. The van der Waals surface area contributed by atoms with E-state index in [9.17, 15) is 9.59 Å². The van der Waals surface area contributed by atoms with Gasteiger partial charge in [-0.3, -0.25) is 4.84 Å². The van der Waals surface area contributed by atoms with Gasteiger partial charge in [0.15, 0.2) is 0 Å². The molecule has 0 N–H and O–H groups in total. The summed E-state index contributed by atoms with van der Waals surface area (Å²) in [4.78, 5) is 28.3. The summed E-state index contributed by atoms with van der Waals surface area (Å²) < 4.78 is 5.21. The Hall–Kier alpha value is -1.88. The summed E-state index contributed by atoms with van der Waals surface area (Å²) >= 11 is 0. The van der Waals surface area contributed by atoms with E-state index in [1.54, 1.807) is 27.7 Å². The number of ether oxygens (including phenoxy) is 1. The molecule has 5 heteroatoms. The molecule has 0 radical (unpaired) electrons. The number of nitrogens with zero attached hydrogens (tertiary/aromatic N) is 1. The van der Waals surface area contributed by atoms with Crippen molar-refractivity contribution in [3.63, 3.8) is 0 Å². The number of hydrogen-bond donors (Lipinski definition) is 0. The van der Waals surface area contributed by atoms with Crippen LogP contribution < -0.4 is 0 Å². The zero-order valence-electron chi connectivity index (χ0n) is 12.3. The lowest BCUT2D eigenvalue weighted by Gasteiger charge is -2.28. The normalized spacial score (nSPS) is 12.6. The predicted octanol–water partition coefficient (Wildman–Crippen LogP) is 2.94.